The van der Waals surface area contributed by atoms with Gasteiger partial charge >= 0.3 is 12.1 Å². The molecule has 1 N–H and O–H groups in total. The van der Waals surface area contributed by atoms with Crippen LogP contribution in [0.15, 0.2) is 12.3 Å². The van der Waals surface area contributed by atoms with Crippen LogP contribution in [0.25, 0.3) is 11.2 Å². The van der Waals surface area contributed by atoms with E-state index < -0.39 is 23.5 Å². The second-order valence-electron chi connectivity index (χ2n) is 5.17. The molecule has 2 heterocycles. The monoisotopic (exact) mass is 315 g/mol. The predicted octanol–water partition coefficient (Wildman–Crippen LogP) is 3.36. The van der Waals surface area contributed by atoms with E-state index in [1.165, 1.54) is 26.1 Å². The Kier molecular flexibility index (Phi) is 3.88. The Balaban J connectivity index is 2.93. The number of fused-ring (bicyclic) bond motifs is 1. The Labute approximate surface area is 124 Å². The first-order valence-corrected chi connectivity index (χ1v) is 6.83. The van der Waals surface area contributed by atoms with Gasteiger partial charge in [0.15, 0.2) is 5.65 Å². The zero-order chi connectivity index (χ0) is 16.7. The fraction of sp³-hybridized carbons (Fsp3) is 0.500. The third kappa shape index (κ3) is 2.32. The van der Waals surface area contributed by atoms with Crippen molar-refractivity contribution in [2.24, 2.45) is 0 Å². The molecule has 5 nitrogen and oxygen atoms in total. The van der Waals surface area contributed by atoms with Crippen molar-refractivity contribution < 1.29 is 23.1 Å². The van der Waals surface area contributed by atoms with Crippen LogP contribution in [0, 0.1) is 6.92 Å². The highest BCUT2D eigenvalue weighted by Gasteiger charge is 2.47. The summed E-state index contributed by atoms with van der Waals surface area (Å²) in [7, 11) is 0. The number of carboxylic acid groups (broad SMARTS) is 1. The van der Waals surface area contributed by atoms with Gasteiger partial charge < -0.3 is 5.11 Å². The SMILES string of the molecule is CCC(CC)(C(=O)O)n1c(C(F)(F)F)nc2cc(C)cnc21. The lowest BCUT2D eigenvalue weighted by atomic mass is 9.92. The van der Waals surface area contributed by atoms with Gasteiger partial charge in [-0.3, -0.25) is 4.57 Å². The Morgan fingerprint density at radius 1 is 1.32 bits per heavy atom. The van der Waals surface area contributed by atoms with Crippen LogP contribution >= 0.6 is 0 Å². The summed E-state index contributed by atoms with van der Waals surface area (Å²) in [6.45, 7) is 4.76. The third-order valence-corrected chi connectivity index (χ3v) is 3.88. The molecule has 0 aliphatic carbocycles. The zero-order valence-electron chi connectivity index (χ0n) is 12.4. The number of imidazole rings is 1. The van der Waals surface area contributed by atoms with Crippen LogP contribution in [-0.2, 0) is 16.5 Å². The van der Waals surface area contributed by atoms with Crippen molar-refractivity contribution >= 4 is 17.1 Å². The fourth-order valence-corrected chi connectivity index (χ4v) is 2.63. The van der Waals surface area contributed by atoms with Crippen molar-refractivity contribution in [1.82, 2.24) is 14.5 Å². The van der Waals surface area contributed by atoms with Crippen LogP contribution in [0.1, 0.15) is 38.1 Å². The molecule has 0 aliphatic rings. The van der Waals surface area contributed by atoms with E-state index >= 15 is 0 Å². The molecule has 22 heavy (non-hydrogen) atoms. The predicted molar refractivity (Wildman–Crippen MR) is 73.5 cm³/mol. The van der Waals surface area contributed by atoms with E-state index in [0.29, 0.717) is 5.56 Å². The normalized spacial score (nSPS) is 12.8. The molecule has 0 spiro atoms. The largest absolute Gasteiger partial charge is 0.479 e. The second kappa shape index (κ2) is 5.26. The molecule has 0 saturated carbocycles. The second-order valence-corrected chi connectivity index (χ2v) is 5.17. The number of aliphatic carboxylic acids is 1. The highest BCUT2D eigenvalue weighted by atomic mass is 19.4. The van der Waals surface area contributed by atoms with Gasteiger partial charge in [0.25, 0.3) is 0 Å². The first kappa shape index (κ1) is 16.3. The summed E-state index contributed by atoms with van der Waals surface area (Å²) in [5.41, 5.74) is -1.11. The van der Waals surface area contributed by atoms with E-state index in [0.717, 1.165) is 4.57 Å². The van der Waals surface area contributed by atoms with E-state index in [1.807, 2.05) is 0 Å². The van der Waals surface area contributed by atoms with Gasteiger partial charge in [-0.15, -0.1) is 0 Å². The summed E-state index contributed by atoms with van der Waals surface area (Å²) in [4.78, 5) is 19.3. The lowest BCUT2D eigenvalue weighted by molar-refractivity contribution is -0.157. The van der Waals surface area contributed by atoms with Crippen LogP contribution in [0.2, 0.25) is 0 Å². The van der Waals surface area contributed by atoms with Crippen molar-refractivity contribution in [1.29, 1.82) is 0 Å². The molecule has 0 radical (unpaired) electrons. The van der Waals surface area contributed by atoms with E-state index in [4.69, 9.17) is 0 Å². The Hall–Kier alpha value is -2.12. The lowest BCUT2D eigenvalue weighted by Gasteiger charge is -2.30. The highest BCUT2D eigenvalue weighted by molar-refractivity contribution is 5.81. The number of aromatic nitrogens is 3. The van der Waals surface area contributed by atoms with Gasteiger partial charge in [-0.1, -0.05) is 13.8 Å². The van der Waals surface area contributed by atoms with Crippen LogP contribution < -0.4 is 0 Å². The van der Waals surface area contributed by atoms with Gasteiger partial charge in [0, 0.05) is 6.20 Å². The molecule has 0 aliphatic heterocycles. The van der Waals surface area contributed by atoms with Gasteiger partial charge in [0.1, 0.15) is 11.1 Å². The number of pyridine rings is 1. The summed E-state index contributed by atoms with van der Waals surface area (Å²) < 4.78 is 40.8. The molecule has 120 valence electrons. The van der Waals surface area contributed by atoms with Gasteiger partial charge in [0.2, 0.25) is 5.82 Å². The number of alkyl halides is 3. The molecule has 0 unspecified atom stereocenters. The number of nitrogens with zero attached hydrogens (tertiary/aromatic N) is 3. The number of halogens is 3. The number of carboxylic acids is 1. The van der Waals surface area contributed by atoms with Crippen molar-refractivity contribution in [3.63, 3.8) is 0 Å². The number of hydrogen-bond acceptors (Lipinski definition) is 3. The molecular formula is C14H16F3N3O2. The minimum atomic E-state index is -4.76. The zero-order valence-corrected chi connectivity index (χ0v) is 12.4. The van der Waals surface area contributed by atoms with E-state index in [1.54, 1.807) is 6.92 Å². The molecule has 0 bridgehead atoms. The maximum absolute atomic E-state index is 13.3. The Morgan fingerprint density at radius 2 is 1.91 bits per heavy atom. The molecule has 0 amide bonds. The summed E-state index contributed by atoms with van der Waals surface area (Å²) >= 11 is 0. The van der Waals surface area contributed by atoms with Crippen molar-refractivity contribution in [2.45, 2.75) is 45.3 Å². The van der Waals surface area contributed by atoms with E-state index in [-0.39, 0.29) is 24.0 Å². The number of rotatable bonds is 4. The van der Waals surface area contributed by atoms with Crippen LogP contribution in [0.5, 0.6) is 0 Å². The van der Waals surface area contributed by atoms with Gasteiger partial charge in [-0.05, 0) is 31.4 Å². The third-order valence-electron chi connectivity index (χ3n) is 3.88. The minimum Gasteiger partial charge on any atom is -0.479 e. The van der Waals surface area contributed by atoms with E-state index in [9.17, 15) is 23.1 Å². The van der Waals surface area contributed by atoms with Gasteiger partial charge in [0.05, 0.1) is 0 Å². The molecule has 2 aromatic heterocycles. The molecule has 0 saturated heterocycles. The smallest absolute Gasteiger partial charge is 0.449 e. The van der Waals surface area contributed by atoms with E-state index in [2.05, 4.69) is 9.97 Å². The number of carbonyl (C=O) groups is 1. The number of aryl methyl sites for hydroxylation is 1. The van der Waals surface area contributed by atoms with Crippen LogP contribution in [-0.4, -0.2) is 25.6 Å². The summed E-state index contributed by atoms with van der Waals surface area (Å²) in [5, 5.41) is 9.56. The average Bonchev–Trinajstić information content (AvgIpc) is 2.80. The lowest BCUT2D eigenvalue weighted by Crippen LogP contribution is -2.43. The van der Waals surface area contributed by atoms with Gasteiger partial charge in [-0.2, -0.15) is 13.2 Å². The summed E-state index contributed by atoms with van der Waals surface area (Å²) in [6.07, 6.45) is -3.38. The molecule has 0 aromatic carbocycles. The van der Waals surface area contributed by atoms with Crippen molar-refractivity contribution in [2.75, 3.05) is 0 Å². The molecule has 8 heteroatoms. The summed E-state index contributed by atoms with van der Waals surface area (Å²) in [5.74, 6) is -2.56. The van der Waals surface area contributed by atoms with Crippen molar-refractivity contribution in [3.05, 3.63) is 23.7 Å². The Morgan fingerprint density at radius 3 is 2.36 bits per heavy atom. The first-order valence-electron chi connectivity index (χ1n) is 6.83. The van der Waals surface area contributed by atoms with Gasteiger partial charge in [-0.25, -0.2) is 14.8 Å². The highest BCUT2D eigenvalue weighted by Crippen LogP contribution is 2.38. The fourth-order valence-electron chi connectivity index (χ4n) is 2.63. The molecule has 2 rings (SSSR count). The average molecular weight is 315 g/mol. The maximum atomic E-state index is 13.3. The van der Waals surface area contributed by atoms with Crippen LogP contribution in [0.3, 0.4) is 0 Å². The quantitative estimate of drug-likeness (QED) is 0.939. The van der Waals surface area contributed by atoms with Crippen molar-refractivity contribution in [3.8, 4) is 0 Å². The molecule has 2 aromatic rings. The van der Waals surface area contributed by atoms with Crippen LogP contribution in [0.4, 0.5) is 13.2 Å². The topological polar surface area (TPSA) is 68.0 Å². The maximum Gasteiger partial charge on any atom is 0.449 e. The number of hydrogen-bond donors (Lipinski definition) is 1. The standard InChI is InChI=1S/C14H16F3N3O2/c1-4-13(5-2,12(21)22)20-10-9(6-8(3)7-18-10)19-11(20)14(15,16)17/h6-7H,4-5H2,1-3H3,(H,21,22). The summed E-state index contributed by atoms with van der Waals surface area (Å²) in [6, 6.07) is 1.46. The molecule has 0 atom stereocenters. The molecular weight excluding hydrogens is 299 g/mol. The Bertz CT molecular complexity index is 718. The molecule has 0 fully saturated rings. The first-order chi connectivity index (χ1) is 10.2. The minimum absolute atomic E-state index is 0.0110.